The molecule has 2 N–H and O–H groups in total. The molecule has 2 aliphatic heterocycles. The van der Waals surface area contributed by atoms with Crippen LogP contribution in [0.3, 0.4) is 0 Å². The van der Waals surface area contributed by atoms with Gasteiger partial charge in [0.2, 0.25) is 0 Å². The summed E-state index contributed by atoms with van der Waals surface area (Å²) < 4.78 is 11.2. The molecule has 3 rings (SSSR count). The second kappa shape index (κ2) is 6.02. The van der Waals surface area contributed by atoms with Gasteiger partial charge in [-0.2, -0.15) is 0 Å². The fraction of sp³-hybridized carbons (Fsp3) is 0.625. The van der Waals surface area contributed by atoms with Crippen molar-refractivity contribution in [3.05, 3.63) is 23.8 Å². The van der Waals surface area contributed by atoms with E-state index < -0.39 is 0 Å². The van der Waals surface area contributed by atoms with E-state index in [1.54, 1.807) is 0 Å². The Bertz CT molecular complexity index is 464. The number of likely N-dealkylation sites (tertiary alicyclic amines) is 1. The maximum Gasteiger partial charge on any atom is 0.161 e. The standard InChI is InChI=1S/C16H24N2O2/c1-12-2-3-14(9-17)11-18(12)10-13-4-5-15-16(8-13)20-7-6-19-15/h4-5,8,12,14H,2-3,6-7,9-11,17H2,1H3. The van der Waals surface area contributed by atoms with Crippen molar-refractivity contribution in [2.45, 2.75) is 32.4 Å². The monoisotopic (exact) mass is 276 g/mol. The van der Waals surface area contributed by atoms with Crippen LogP contribution in [0.2, 0.25) is 0 Å². The first kappa shape index (κ1) is 13.7. The van der Waals surface area contributed by atoms with Gasteiger partial charge < -0.3 is 15.2 Å². The summed E-state index contributed by atoms with van der Waals surface area (Å²) in [7, 11) is 0. The molecule has 0 spiro atoms. The molecule has 1 aromatic carbocycles. The van der Waals surface area contributed by atoms with E-state index in [-0.39, 0.29) is 0 Å². The molecular formula is C16H24N2O2. The van der Waals surface area contributed by atoms with Crippen LogP contribution in [0, 0.1) is 5.92 Å². The van der Waals surface area contributed by atoms with E-state index in [4.69, 9.17) is 15.2 Å². The molecule has 4 heteroatoms. The van der Waals surface area contributed by atoms with Crippen molar-refractivity contribution in [3.63, 3.8) is 0 Å². The quantitative estimate of drug-likeness (QED) is 0.917. The van der Waals surface area contributed by atoms with Gasteiger partial charge in [-0.25, -0.2) is 0 Å². The molecule has 2 atom stereocenters. The maximum absolute atomic E-state index is 5.83. The zero-order chi connectivity index (χ0) is 13.9. The first-order chi connectivity index (χ1) is 9.76. The number of piperidine rings is 1. The van der Waals surface area contributed by atoms with Gasteiger partial charge in [-0.3, -0.25) is 4.90 Å². The van der Waals surface area contributed by atoms with Gasteiger partial charge in [0.1, 0.15) is 13.2 Å². The molecule has 1 fully saturated rings. The van der Waals surface area contributed by atoms with Crippen LogP contribution in [0.1, 0.15) is 25.3 Å². The zero-order valence-electron chi connectivity index (χ0n) is 12.2. The average molecular weight is 276 g/mol. The fourth-order valence-corrected chi connectivity index (χ4v) is 3.10. The lowest BCUT2D eigenvalue weighted by molar-refractivity contribution is 0.113. The molecular weight excluding hydrogens is 252 g/mol. The lowest BCUT2D eigenvalue weighted by atomic mass is 9.93. The number of hydrogen-bond acceptors (Lipinski definition) is 4. The molecule has 0 bridgehead atoms. The Labute approximate surface area is 120 Å². The van der Waals surface area contributed by atoms with Crippen LogP contribution in [-0.4, -0.2) is 37.2 Å². The van der Waals surface area contributed by atoms with E-state index in [1.165, 1.54) is 18.4 Å². The predicted molar refractivity (Wildman–Crippen MR) is 79.1 cm³/mol. The molecule has 2 unspecified atom stereocenters. The largest absolute Gasteiger partial charge is 0.486 e. The van der Waals surface area contributed by atoms with Gasteiger partial charge in [-0.15, -0.1) is 0 Å². The molecule has 110 valence electrons. The van der Waals surface area contributed by atoms with E-state index in [9.17, 15) is 0 Å². The topological polar surface area (TPSA) is 47.7 Å². The van der Waals surface area contributed by atoms with Gasteiger partial charge >= 0.3 is 0 Å². The smallest absolute Gasteiger partial charge is 0.161 e. The van der Waals surface area contributed by atoms with Crippen molar-refractivity contribution < 1.29 is 9.47 Å². The van der Waals surface area contributed by atoms with E-state index in [2.05, 4.69) is 24.0 Å². The van der Waals surface area contributed by atoms with Crippen LogP contribution in [0.15, 0.2) is 18.2 Å². The van der Waals surface area contributed by atoms with E-state index >= 15 is 0 Å². The maximum atomic E-state index is 5.83. The predicted octanol–water partition coefficient (Wildman–Crippen LogP) is 2.02. The van der Waals surface area contributed by atoms with Gasteiger partial charge in [0.05, 0.1) is 0 Å². The Kier molecular flexibility index (Phi) is 4.13. The van der Waals surface area contributed by atoms with Crippen LogP contribution in [-0.2, 0) is 6.54 Å². The number of fused-ring (bicyclic) bond motifs is 1. The van der Waals surface area contributed by atoms with Gasteiger partial charge in [-0.1, -0.05) is 6.07 Å². The normalized spacial score (nSPS) is 26.5. The summed E-state index contributed by atoms with van der Waals surface area (Å²) >= 11 is 0. The van der Waals surface area contributed by atoms with Gasteiger partial charge in [0.25, 0.3) is 0 Å². The molecule has 0 radical (unpaired) electrons. The summed E-state index contributed by atoms with van der Waals surface area (Å²) in [6, 6.07) is 6.92. The molecule has 0 aliphatic carbocycles. The number of nitrogens with zero attached hydrogens (tertiary/aromatic N) is 1. The van der Waals surface area contributed by atoms with Crippen LogP contribution in [0.5, 0.6) is 11.5 Å². The molecule has 1 aromatic rings. The highest BCUT2D eigenvalue weighted by Crippen LogP contribution is 2.32. The Morgan fingerprint density at radius 2 is 2.00 bits per heavy atom. The summed E-state index contributed by atoms with van der Waals surface area (Å²) in [4.78, 5) is 2.53. The van der Waals surface area contributed by atoms with E-state index in [0.717, 1.165) is 31.1 Å². The highest BCUT2D eigenvalue weighted by atomic mass is 16.6. The number of nitrogens with two attached hydrogens (primary N) is 1. The van der Waals surface area contributed by atoms with Crippen molar-refractivity contribution in [2.24, 2.45) is 11.7 Å². The molecule has 0 aromatic heterocycles. The molecule has 20 heavy (non-hydrogen) atoms. The third kappa shape index (κ3) is 2.91. The lowest BCUT2D eigenvalue weighted by Crippen LogP contribution is -2.43. The third-order valence-corrected chi connectivity index (χ3v) is 4.43. The molecule has 1 saturated heterocycles. The fourth-order valence-electron chi connectivity index (χ4n) is 3.10. The molecule has 0 saturated carbocycles. The first-order valence-corrected chi connectivity index (χ1v) is 7.59. The number of hydrogen-bond donors (Lipinski definition) is 1. The SMILES string of the molecule is CC1CCC(CN)CN1Cc1ccc2c(c1)OCCO2. The lowest BCUT2D eigenvalue weighted by Gasteiger charge is -2.37. The second-order valence-corrected chi connectivity index (χ2v) is 5.94. The van der Waals surface area contributed by atoms with E-state index in [1.807, 2.05) is 6.07 Å². The zero-order valence-corrected chi connectivity index (χ0v) is 12.2. The molecule has 0 amide bonds. The summed E-state index contributed by atoms with van der Waals surface area (Å²) in [5.41, 5.74) is 7.12. The second-order valence-electron chi connectivity index (χ2n) is 5.94. The molecule has 4 nitrogen and oxygen atoms in total. The van der Waals surface area contributed by atoms with Gasteiger partial charge in [0, 0.05) is 19.1 Å². The summed E-state index contributed by atoms with van der Waals surface area (Å²) in [6.45, 7) is 6.47. The average Bonchev–Trinajstić information content (AvgIpc) is 2.49. The minimum atomic E-state index is 0.631. The van der Waals surface area contributed by atoms with E-state index in [0.29, 0.717) is 25.2 Å². The van der Waals surface area contributed by atoms with Crippen molar-refractivity contribution in [1.29, 1.82) is 0 Å². The summed E-state index contributed by atoms with van der Waals surface area (Å²) in [5.74, 6) is 2.39. The Morgan fingerprint density at radius 3 is 2.80 bits per heavy atom. The summed E-state index contributed by atoms with van der Waals surface area (Å²) in [5, 5.41) is 0. The van der Waals surface area contributed by atoms with Gasteiger partial charge in [0.15, 0.2) is 11.5 Å². The Balaban J connectivity index is 1.70. The Hall–Kier alpha value is -1.26. The van der Waals surface area contributed by atoms with Crippen molar-refractivity contribution in [3.8, 4) is 11.5 Å². The molecule has 2 aliphatic rings. The first-order valence-electron chi connectivity index (χ1n) is 7.59. The number of ether oxygens (including phenoxy) is 2. The van der Waals surface area contributed by atoms with Crippen LogP contribution in [0.4, 0.5) is 0 Å². The third-order valence-electron chi connectivity index (χ3n) is 4.43. The highest BCUT2D eigenvalue weighted by molar-refractivity contribution is 5.43. The van der Waals surface area contributed by atoms with Crippen molar-refractivity contribution in [2.75, 3.05) is 26.3 Å². The number of rotatable bonds is 3. The molecule has 2 heterocycles. The van der Waals surface area contributed by atoms with Gasteiger partial charge in [-0.05, 0) is 49.9 Å². The van der Waals surface area contributed by atoms with Crippen LogP contribution < -0.4 is 15.2 Å². The van der Waals surface area contributed by atoms with Crippen LogP contribution >= 0.6 is 0 Å². The minimum absolute atomic E-state index is 0.631. The number of benzene rings is 1. The van der Waals surface area contributed by atoms with Crippen LogP contribution in [0.25, 0.3) is 0 Å². The highest BCUT2D eigenvalue weighted by Gasteiger charge is 2.25. The van der Waals surface area contributed by atoms with Crippen molar-refractivity contribution >= 4 is 0 Å². The van der Waals surface area contributed by atoms with Crippen molar-refractivity contribution in [1.82, 2.24) is 4.90 Å². The minimum Gasteiger partial charge on any atom is -0.486 e. The Morgan fingerprint density at radius 1 is 1.20 bits per heavy atom. The summed E-state index contributed by atoms with van der Waals surface area (Å²) in [6.07, 6.45) is 2.50.